The Morgan fingerprint density at radius 2 is 1.68 bits per heavy atom. The number of methoxy groups -OCH3 is 2. The standard InChI is InChI=1S/C21H32INO7S/c1-16(2)12-13-23(19(21(25)29-4)7-5-6-14-30-15-22)31(26,27)18-10-8-17(9-11-18)20(24)28-3/h8-11,16,19H,5-7,12-15H2,1-4H3/t19-/m0/s1. The number of carbonyl (C=O) groups is 2. The summed E-state index contributed by atoms with van der Waals surface area (Å²) in [6, 6.07) is 4.56. The first-order chi connectivity index (χ1) is 14.7. The molecule has 0 aromatic heterocycles. The Kier molecular flexibility index (Phi) is 12.6. The molecule has 0 bridgehead atoms. The maximum atomic E-state index is 13.5. The van der Waals surface area contributed by atoms with Gasteiger partial charge in [-0.15, -0.1) is 0 Å². The van der Waals surface area contributed by atoms with Gasteiger partial charge in [0.05, 0.1) is 29.3 Å². The molecule has 1 aromatic carbocycles. The molecule has 0 saturated heterocycles. The van der Waals surface area contributed by atoms with Gasteiger partial charge >= 0.3 is 11.9 Å². The van der Waals surface area contributed by atoms with Crippen LogP contribution in [0.3, 0.4) is 0 Å². The van der Waals surface area contributed by atoms with Gasteiger partial charge in [-0.1, -0.05) is 36.4 Å². The summed E-state index contributed by atoms with van der Waals surface area (Å²) in [5, 5.41) is 0. The first-order valence-corrected chi connectivity index (χ1v) is 13.1. The largest absolute Gasteiger partial charge is 0.468 e. The molecule has 1 rings (SSSR count). The Labute approximate surface area is 198 Å². The van der Waals surface area contributed by atoms with Crippen molar-refractivity contribution >= 4 is 44.6 Å². The summed E-state index contributed by atoms with van der Waals surface area (Å²) >= 11 is 2.11. The highest BCUT2D eigenvalue weighted by Crippen LogP contribution is 2.24. The lowest BCUT2D eigenvalue weighted by atomic mass is 10.1. The second-order valence-corrected chi connectivity index (χ2v) is 9.88. The van der Waals surface area contributed by atoms with Gasteiger partial charge in [-0.3, -0.25) is 4.79 Å². The molecule has 1 aromatic rings. The fraction of sp³-hybridized carbons (Fsp3) is 0.619. The van der Waals surface area contributed by atoms with Crippen molar-refractivity contribution in [2.75, 3.05) is 32.0 Å². The monoisotopic (exact) mass is 569 g/mol. The lowest BCUT2D eigenvalue weighted by Crippen LogP contribution is -2.46. The molecule has 0 unspecified atom stereocenters. The first kappa shape index (κ1) is 27.8. The molecule has 0 fully saturated rings. The Bertz CT molecular complexity index is 796. The Morgan fingerprint density at radius 1 is 1.03 bits per heavy atom. The molecule has 0 heterocycles. The van der Waals surface area contributed by atoms with Crippen molar-refractivity contribution in [1.82, 2.24) is 4.31 Å². The minimum absolute atomic E-state index is 0.00561. The second-order valence-electron chi connectivity index (χ2n) is 7.37. The number of unbranched alkanes of at least 4 members (excludes halogenated alkanes) is 1. The molecular formula is C21H32INO7S. The fourth-order valence-corrected chi connectivity index (χ4v) is 4.89. The summed E-state index contributed by atoms with van der Waals surface area (Å²) < 4.78 is 43.7. The zero-order valence-electron chi connectivity index (χ0n) is 18.5. The van der Waals surface area contributed by atoms with E-state index in [1.54, 1.807) is 0 Å². The van der Waals surface area contributed by atoms with Crippen molar-refractivity contribution in [1.29, 1.82) is 0 Å². The normalized spacial score (nSPS) is 12.7. The minimum atomic E-state index is -4.00. The van der Waals surface area contributed by atoms with E-state index in [1.165, 1.54) is 42.8 Å². The highest BCUT2D eigenvalue weighted by Gasteiger charge is 2.36. The molecular weight excluding hydrogens is 537 g/mol. The van der Waals surface area contributed by atoms with Crippen molar-refractivity contribution in [2.45, 2.75) is 50.5 Å². The van der Waals surface area contributed by atoms with Crippen molar-refractivity contribution < 1.29 is 32.2 Å². The molecule has 1 atom stereocenters. The van der Waals surface area contributed by atoms with Crippen molar-refractivity contribution in [3.8, 4) is 0 Å². The van der Waals surface area contributed by atoms with E-state index in [0.717, 1.165) is 0 Å². The Morgan fingerprint density at radius 3 is 2.19 bits per heavy atom. The number of ether oxygens (including phenoxy) is 3. The first-order valence-electron chi connectivity index (χ1n) is 10.1. The zero-order chi connectivity index (χ0) is 23.4. The third-order valence-corrected chi connectivity index (χ3v) is 7.09. The average molecular weight is 569 g/mol. The van der Waals surface area contributed by atoms with Gasteiger partial charge in [0.15, 0.2) is 0 Å². The number of sulfonamides is 1. The molecule has 31 heavy (non-hydrogen) atoms. The van der Waals surface area contributed by atoms with Crippen LogP contribution >= 0.6 is 22.6 Å². The topological polar surface area (TPSA) is 99.2 Å². The van der Waals surface area contributed by atoms with Gasteiger partial charge in [-0.2, -0.15) is 4.31 Å². The molecule has 0 radical (unpaired) electrons. The number of esters is 2. The molecule has 0 spiro atoms. The number of carbonyl (C=O) groups excluding carboxylic acids is 2. The van der Waals surface area contributed by atoms with Gasteiger partial charge in [0.25, 0.3) is 0 Å². The number of hydrogen-bond acceptors (Lipinski definition) is 7. The zero-order valence-corrected chi connectivity index (χ0v) is 21.5. The smallest absolute Gasteiger partial charge is 0.337 e. The highest BCUT2D eigenvalue weighted by atomic mass is 127. The number of benzene rings is 1. The van der Waals surface area contributed by atoms with Crippen LogP contribution in [0.25, 0.3) is 0 Å². The minimum Gasteiger partial charge on any atom is -0.468 e. The fourth-order valence-electron chi connectivity index (χ4n) is 2.96. The van der Waals surface area contributed by atoms with Crippen LogP contribution in [0.2, 0.25) is 0 Å². The Hall–Kier alpha value is -1.24. The number of nitrogens with zero attached hydrogens (tertiary/aromatic N) is 1. The average Bonchev–Trinajstić information content (AvgIpc) is 2.76. The SMILES string of the molecule is COC(=O)c1ccc(S(=O)(=O)N(CCC(C)C)[C@@H](CCCCOCI)C(=O)OC)cc1. The number of hydrogen-bond donors (Lipinski definition) is 0. The molecule has 176 valence electrons. The van der Waals surface area contributed by atoms with Gasteiger partial charge in [0.2, 0.25) is 10.0 Å². The van der Waals surface area contributed by atoms with E-state index < -0.39 is 28.0 Å². The third kappa shape index (κ3) is 8.66. The third-order valence-electron chi connectivity index (χ3n) is 4.72. The van der Waals surface area contributed by atoms with Crippen LogP contribution in [-0.2, 0) is 29.0 Å². The molecule has 0 aliphatic carbocycles. The van der Waals surface area contributed by atoms with Crippen molar-refractivity contribution in [3.63, 3.8) is 0 Å². The predicted octanol–water partition coefficient (Wildman–Crippen LogP) is 3.63. The van der Waals surface area contributed by atoms with Crippen LogP contribution in [0.4, 0.5) is 0 Å². The van der Waals surface area contributed by atoms with Crippen molar-refractivity contribution in [3.05, 3.63) is 29.8 Å². The van der Waals surface area contributed by atoms with E-state index in [9.17, 15) is 18.0 Å². The molecule has 10 heteroatoms. The van der Waals surface area contributed by atoms with Gasteiger partial charge in [-0.05, 0) is 55.9 Å². The summed E-state index contributed by atoms with van der Waals surface area (Å²) in [5.74, 6) is -0.898. The number of halogens is 1. The van der Waals surface area contributed by atoms with E-state index >= 15 is 0 Å². The van der Waals surface area contributed by atoms with Gasteiger partial charge < -0.3 is 14.2 Å². The van der Waals surface area contributed by atoms with Gasteiger partial charge in [0.1, 0.15) is 6.04 Å². The second kappa shape index (κ2) is 14.0. The summed E-state index contributed by atoms with van der Waals surface area (Å²) in [4.78, 5) is 24.2. The van der Waals surface area contributed by atoms with Crippen LogP contribution < -0.4 is 0 Å². The lowest BCUT2D eigenvalue weighted by Gasteiger charge is -2.30. The number of alkyl halides is 1. The lowest BCUT2D eigenvalue weighted by molar-refractivity contribution is -0.145. The quantitative estimate of drug-likeness (QED) is 0.146. The molecule has 8 nitrogen and oxygen atoms in total. The van der Waals surface area contributed by atoms with E-state index in [0.29, 0.717) is 36.9 Å². The molecule has 0 saturated carbocycles. The summed E-state index contributed by atoms with van der Waals surface area (Å²) in [5.41, 5.74) is 0.245. The Balaban J connectivity index is 3.21. The van der Waals surface area contributed by atoms with Crippen LogP contribution in [0, 0.1) is 5.92 Å². The number of rotatable bonds is 14. The van der Waals surface area contributed by atoms with Gasteiger partial charge in [-0.25, -0.2) is 13.2 Å². The predicted molar refractivity (Wildman–Crippen MR) is 126 cm³/mol. The molecule has 0 amide bonds. The summed E-state index contributed by atoms with van der Waals surface area (Å²) in [7, 11) is -1.49. The van der Waals surface area contributed by atoms with Crippen molar-refractivity contribution in [2.24, 2.45) is 5.92 Å². The maximum absolute atomic E-state index is 13.5. The molecule has 0 aliphatic heterocycles. The van der Waals surface area contributed by atoms with Crippen LogP contribution in [0.15, 0.2) is 29.2 Å². The van der Waals surface area contributed by atoms with Crippen LogP contribution in [0.1, 0.15) is 49.9 Å². The van der Waals surface area contributed by atoms with E-state index in [-0.39, 0.29) is 22.9 Å². The maximum Gasteiger partial charge on any atom is 0.337 e. The van der Waals surface area contributed by atoms with Crippen LogP contribution in [0.5, 0.6) is 0 Å². The van der Waals surface area contributed by atoms with Crippen LogP contribution in [-0.4, -0.2) is 62.7 Å². The van der Waals surface area contributed by atoms with E-state index in [4.69, 9.17) is 9.47 Å². The molecule has 0 aliphatic rings. The van der Waals surface area contributed by atoms with E-state index in [2.05, 4.69) is 27.3 Å². The van der Waals surface area contributed by atoms with Gasteiger partial charge in [0, 0.05) is 13.2 Å². The molecule has 0 N–H and O–H groups in total. The highest BCUT2D eigenvalue weighted by molar-refractivity contribution is 14.1. The summed E-state index contributed by atoms with van der Waals surface area (Å²) in [6.07, 6.45) is 2.24. The summed E-state index contributed by atoms with van der Waals surface area (Å²) in [6.45, 7) is 4.71. The van der Waals surface area contributed by atoms with E-state index in [1.807, 2.05) is 13.8 Å².